The minimum atomic E-state index is -0.0524. The molecule has 0 radical (unpaired) electrons. The van der Waals surface area contributed by atoms with Crippen LogP contribution in [0.1, 0.15) is 24.1 Å². The highest BCUT2D eigenvalue weighted by Gasteiger charge is 2.13. The smallest absolute Gasteiger partial charge is 0.124 e. The summed E-state index contributed by atoms with van der Waals surface area (Å²) in [4.78, 5) is 2.37. The first-order valence-corrected chi connectivity index (χ1v) is 7.10. The van der Waals surface area contributed by atoms with Crippen LogP contribution in [0.15, 0.2) is 52.3 Å². The zero-order chi connectivity index (χ0) is 13.8. The summed E-state index contributed by atoms with van der Waals surface area (Å²) in [6.45, 7) is 4.08. The van der Waals surface area contributed by atoms with Gasteiger partial charge < -0.3 is 10.5 Å². The fourth-order valence-electron chi connectivity index (χ4n) is 2.05. The van der Waals surface area contributed by atoms with Gasteiger partial charge in [0.05, 0.1) is 7.11 Å². The third-order valence-electron chi connectivity index (χ3n) is 2.92. The van der Waals surface area contributed by atoms with E-state index in [9.17, 15) is 0 Å². The molecule has 0 unspecified atom stereocenters. The van der Waals surface area contributed by atoms with Crippen molar-refractivity contribution in [2.75, 3.05) is 7.11 Å². The lowest BCUT2D eigenvalue weighted by Crippen LogP contribution is -2.08. The van der Waals surface area contributed by atoms with Crippen LogP contribution in [0.4, 0.5) is 0 Å². The van der Waals surface area contributed by atoms with Gasteiger partial charge in [-0.05, 0) is 38.1 Å². The lowest BCUT2D eigenvalue weighted by atomic mass is 10.1. The molecule has 2 rings (SSSR count). The van der Waals surface area contributed by atoms with Crippen molar-refractivity contribution in [1.82, 2.24) is 0 Å². The van der Waals surface area contributed by atoms with E-state index < -0.39 is 0 Å². The monoisotopic (exact) mass is 273 g/mol. The molecule has 0 saturated carbocycles. The van der Waals surface area contributed by atoms with Crippen molar-refractivity contribution in [2.24, 2.45) is 5.73 Å². The van der Waals surface area contributed by atoms with Crippen molar-refractivity contribution in [3.05, 3.63) is 53.6 Å². The average molecular weight is 273 g/mol. The zero-order valence-electron chi connectivity index (χ0n) is 11.5. The summed E-state index contributed by atoms with van der Waals surface area (Å²) in [5, 5.41) is 0. The molecule has 2 aromatic carbocycles. The van der Waals surface area contributed by atoms with Gasteiger partial charge in [0.1, 0.15) is 5.75 Å². The van der Waals surface area contributed by atoms with Gasteiger partial charge >= 0.3 is 0 Å². The van der Waals surface area contributed by atoms with E-state index in [1.165, 1.54) is 10.5 Å². The Morgan fingerprint density at radius 3 is 2.53 bits per heavy atom. The fourth-order valence-corrected chi connectivity index (χ4v) is 3.23. The minimum Gasteiger partial charge on any atom is -0.496 e. The molecule has 3 heteroatoms. The molecule has 0 aliphatic heterocycles. The molecule has 2 aromatic rings. The lowest BCUT2D eigenvalue weighted by molar-refractivity contribution is 0.405. The molecule has 19 heavy (non-hydrogen) atoms. The molecule has 1 atom stereocenters. The first kappa shape index (κ1) is 14.0. The Balaban J connectivity index is 2.39. The largest absolute Gasteiger partial charge is 0.496 e. The first-order valence-electron chi connectivity index (χ1n) is 6.29. The van der Waals surface area contributed by atoms with E-state index >= 15 is 0 Å². The molecule has 2 N–H and O–H groups in total. The normalized spacial score (nSPS) is 12.2. The molecule has 0 spiro atoms. The standard InChI is InChI=1S/C16H19NOS/c1-11-6-4-7-13(10-11)19-15-9-5-8-14(18-3)16(15)12(2)17/h4-10,12H,17H2,1-3H3/t12-/m1/s1. The number of rotatable bonds is 4. The Kier molecular flexibility index (Phi) is 4.51. The van der Waals surface area contributed by atoms with Gasteiger partial charge in [-0.25, -0.2) is 0 Å². The summed E-state index contributed by atoms with van der Waals surface area (Å²) in [5.41, 5.74) is 8.41. The second-order valence-corrected chi connectivity index (χ2v) is 5.69. The molecule has 0 bridgehead atoms. The minimum absolute atomic E-state index is 0.0524. The molecule has 100 valence electrons. The highest BCUT2D eigenvalue weighted by atomic mass is 32.2. The number of ether oxygens (including phenoxy) is 1. The molecule has 0 aromatic heterocycles. The van der Waals surface area contributed by atoms with Crippen LogP contribution >= 0.6 is 11.8 Å². The number of nitrogens with two attached hydrogens (primary N) is 1. The van der Waals surface area contributed by atoms with E-state index in [1.807, 2.05) is 19.1 Å². The summed E-state index contributed by atoms with van der Waals surface area (Å²) < 4.78 is 5.42. The van der Waals surface area contributed by atoms with Crippen molar-refractivity contribution in [3.8, 4) is 5.75 Å². The Hall–Kier alpha value is -1.45. The van der Waals surface area contributed by atoms with Gasteiger partial charge in [0.15, 0.2) is 0 Å². The average Bonchev–Trinajstić information content (AvgIpc) is 2.38. The van der Waals surface area contributed by atoms with E-state index in [-0.39, 0.29) is 6.04 Å². The van der Waals surface area contributed by atoms with E-state index in [2.05, 4.69) is 37.3 Å². The van der Waals surface area contributed by atoms with Gasteiger partial charge in [-0.1, -0.05) is 35.5 Å². The lowest BCUT2D eigenvalue weighted by Gasteiger charge is -2.16. The molecule has 0 aliphatic rings. The molecule has 0 saturated heterocycles. The Labute approximate surface area is 119 Å². The number of benzene rings is 2. The second-order valence-electron chi connectivity index (χ2n) is 4.58. The summed E-state index contributed by atoms with van der Waals surface area (Å²) in [7, 11) is 1.68. The van der Waals surface area contributed by atoms with Gasteiger partial charge in [0, 0.05) is 21.4 Å². The molecule has 2 nitrogen and oxygen atoms in total. The fraction of sp³-hybridized carbons (Fsp3) is 0.250. The maximum Gasteiger partial charge on any atom is 0.124 e. The van der Waals surface area contributed by atoms with Crippen LogP contribution in [0, 0.1) is 6.92 Å². The molecule has 0 fully saturated rings. The topological polar surface area (TPSA) is 35.2 Å². The summed E-state index contributed by atoms with van der Waals surface area (Å²) in [6, 6.07) is 14.5. The quantitative estimate of drug-likeness (QED) is 0.908. The maximum absolute atomic E-state index is 6.08. The van der Waals surface area contributed by atoms with Crippen molar-refractivity contribution >= 4 is 11.8 Å². The van der Waals surface area contributed by atoms with Gasteiger partial charge in [-0.15, -0.1) is 0 Å². The second kappa shape index (κ2) is 6.13. The Bertz CT molecular complexity index is 566. The maximum atomic E-state index is 6.08. The number of hydrogen-bond donors (Lipinski definition) is 1. The zero-order valence-corrected chi connectivity index (χ0v) is 12.3. The van der Waals surface area contributed by atoms with E-state index in [0.29, 0.717) is 0 Å². The van der Waals surface area contributed by atoms with Crippen molar-refractivity contribution in [1.29, 1.82) is 0 Å². The summed E-state index contributed by atoms with van der Waals surface area (Å²) in [6.07, 6.45) is 0. The Morgan fingerprint density at radius 2 is 1.89 bits per heavy atom. The van der Waals surface area contributed by atoms with Crippen LogP contribution in [0.3, 0.4) is 0 Å². The van der Waals surface area contributed by atoms with E-state index in [0.717, 1.165) is 16.2 Å². The van der Waals surface area contributed by atoms with Gasteiger partial charge in [0.25, 0.3) is 0 Å². The highest BCUT2D eigenvalue weighted by molar-refractivity contribution is 7.99. The van der Waals surface area contributed by atoms with Crippen molar-refractivity contribution < 1.29 is 4.74 Å². The van der Waals surface area contributed by atoms with Crippen LogP contribution in [0.25, 0.3) is 0 Å². The third-order valence-corrected chi connectivity index (χ3v) is 3.98. The van der Waals surface area contributed by atoms with E-state index in [1.54, 1.807) is 18.9 Å². The SMILES string of the molecule is COc1cccc(Sc2cccc(C)c2)c1[C@@H](C)N. The number of hydrogen-bond acceptors (Lipinski definition) is 3. The summed E-state index contributed by atoms with van der Waals surface area (Å²) in [5.74, 6) is 0.854. The molecule has 0 aliphatic carbocycles. The van der Waals surface area contributed by atoms with Gasteiger partial charge in [0.2, 0.25) is 0 Å². The first-order chi connectivity index (χ1) is 9.11. The summed E-state index contributed by atoms with van der Waals surface area (Å²) >= 11 is 1.73. The van der Waals surface area contributed by atoms with Crippen LogP contribution in [-0.4, -0.2) is 7.11 Å². The molecular formula is C16H19NOS. The molecule has 0 amide bonds. The Morgan fingerprint density at radius 1 is 1.16 bits per heavy atom. The number of aryl methyl sites for hydroxylation is 1. The van der Waals surface area contributed by atoms with Crippen LogP contribution < -0.4 is 10.5 Å². The predicted octanol–water partition coefficient (Wildman–Crippen LogP) is 4.17. The third kappa shape index (κ3) is 3.31. The molecule has 0 heterocycles. The number of methoxy groups -OCH3 is 1. The van der Waals surface area contributed by atoms with Crippen LogP contribution in [0.5, 0.6) is 5.75 Å². The van der Waals surface area contributed by atoms with Crippen molar-refractivity contribution in [3.63, 3.8) is 0 Å². The van der Waals surface area contributed by atoms with Crippen LogP contribution in [0.2, 0.25) is 0 Å². The van der Waals surface area contributed by atoms with Gasteiger partial charge in [-0.3, -0.25) is 0 Å². The van der Waals surface area contributed by atoms with Gasteiger partial charge in [-0.2, -0.15) is 0 Å². The van der Waals surface area contributed by atoms with E-state index in [4.69, 9.17) is 10.5 Å². The molecular weight excluding hydrogens is 254 g/mol. The highest BCUT2D eigenvalue weighted by Crippen LogP contribution is 2.37. The van der Waals surface area contributed by atoms with Crippen LogP contribution in [-0.2, 0) is 0 Å². The predicted molar refractivity (Wildman–Crippen MR) is 80.9 cm³/mol. The van der Waals surface area contributed by atoms with Crippen molar-refractivity contribution in [2.45, 2.75) is 29.7 Å².